The predicted octanol–water partition coefficient (Wildman–Crippen LogP) is 2.95. The standard InChI is InChI=1S/C28H27N7O/c1-18(32-28(36)25-26(30)33-34-16-8-15-31-27(25)34)23-17-21-10-6-9-20(11-7-14-29)24(21)19(2)35(23)22-12-4-3-5-13-22/h3-6,8-10,12,15-18,22H,2,13-14,29H2,1H3,(H2,30,33)(H,32,36)/t18-,22?/m0/s1. The SMILES string of the molecule is C=C1c2c(C#CCN)cccc2C=C([C@H](C)NC(=O)c2c(N)nn3cccnc23)N1C1C=CC=CC1. The summed E-state index contributed by atoms with van der Waals surface area (Å²) in [5.74, 6) is 5.93. The highest BCUT2D eigenvalue weighted by atomic mass is 16.1. The van der Waals surface area contributed by atoms with Crippen LogP contribution in [0.25, 0.3) is 17.4 Å². The number of allylic oxidation sites excluding steroid dienone is 2. The van der Waals surface area contributed by atoms with Gasteiger partial charge in [-0.05, 0) is 37.1 Å². The van der Waals surface area contributed by atoms with E-state index in [9.17, 15) is 4.79 Å². The summed E-state index contributed by atoms with van der Waals surface area (Å²) in [5, 5.41) is 7.32. The molecule has 3 heterocycles. The van der Waals surface area contributed by atoms with E-state index < -0.39 is 0 Å². The van der Waals surface area contributed by atoms with Crippen LogP contribution in [-0.4, -0.2) is 44.0 Å². The average Bonchev–Trinajstić information content (AvgIpc) is 3.23. The molecule has 0 saturated heterocycles. The van der Waals surface area contributed by atoms with E-state index in [1.54, 1.807) is 18.5 Å². The number of fused-ring (bicyclic) bond motifs is 2. The van der Waals surface area contributed by atoms with E-state index in [4.69, 9.17) is 11.5 Å². The molecule has 5 rings (SSSR count). The molecule has 0 bridgehead atoms. The topological polar surface area (TPSA) is 115 Å². The van der Waals surface area contributed by atoms with Crippen LogP contribution in [-0.2, 0) is 0 Å². The number of aromatic nitrogens is 3. The van der Waals surface area contributed by atoms with Crippen molar-refractivity contribution in [3.63, 3.8) is 0 Å². The number of benzene rings is 1. The van der Waals surface area contributed by atoms with E-state index in [0.29, 0.717) is 5.65 Å². The van der Waals surface area contributed by atoms with Crippen LogP contribution in [0.1, 0.15) is 40.4 Å². The van der Waals surface area contributed by atoms with Crippen molar-refractivity contribution in [1.29, 1.82) is 0 Å². The molecule has 0 radical (unpaired) electrons. The highest BCUT2D eigenvalue weighted by molar-refractivity contribution is 6.04. The average molecular weight is 478 g/mol. The maximum absolute atomic E-state index is 13.4. The van der Waals surface area contributed by atoms with E-state index in [1.165, 1.54) is 4.52 Å². The van der Waals surface area contributed by atoms with Crippen molar-refractivity contribution in [2.45, 2.75) is 25.4 Å². The predicted molar refractivity (Wildman–Crippen MR) is 142 cm³/mol. The Labute approximate surface area is 209 Å². The highest BCUT2D eigenvalue weighted by Gasteiger charge is 2.32. The second-order valence-corrected chi connectivity index (χ2v) is 8.62. The first kappa shape index (κ1) is 23.1. The molecule has 5 N–H and O–H groups in total. The van der Waals surface area contributed by atoms with Crippen LogP contribution in [0.5, 0.6) is 0 Å². The number of carbonyl (C=O) groups is 1. The minimum absolute atomic E-state index is 0.0421. The Hall–Kier alpha value is -4.61. The van der Waals surface area contributed by atoms with Crippen molar-refractivity contribution < 1.29 is 4.79 Å². The number of carbonyl (C=O) groups excluding carboxylic acids is 1. The van der Waals surface area contributed by atoms with Gasteiger partial charge < -0.3 is 21.7 Å². The molecule has 8 heteroatoms. The zero-order chi connectivity index (χ0) is 25.2. The molecule has 2 aromatic heterocycles. The molecule has 1 aliphatic carbocycles. The molecule has 2 aliphatic rings. The summed E-state index contributed by atoms with van der Waals surface area (Å²) in [6.45, 7) is 6.70. The van der Waals surface area contributed by atoms with Gasteiger partial charge in [-0.3, -0.25) is 4.79 Å². The fourth-order valence-corrected chi connectivity index (χ4v) is 4.72. The Morgan fingerprint density at radius 2 is 2.19 bits per heavy atom. The number of nitrogen functional groups attached to an aromatic ring is 1. The van der Waals surface area contributed by atoms with Gasteiger partial charge in [0.2, 0.25) is 0 Å². The number of nitrogens with zero attached hydrogens (tertiary/aromatic N) is 4. The van der Waals surface area contributed by atoms with Crippen LogP contribution in [0.2, 0.25) is 0 Å². The van der Waals surface area contributed by atoms with Crippen LogP contribution in [0.3, 0.4) is 0 Å². The molecule has 1 amide bonds. The molecular weight excluding hydrogens is 450 g/mol. The summed E-state index contributed by atoms with van der Waals surface area (Å²) in [6.07, 6.45) is 14.5. The number of hydrogen-bond acceptors (Lipinski definition) is 6. The van der Waals surface area contributed by atoms with Crippen LogP contribution >= 0.6 is 0 Å². The molecule has 8 nitrogen and oxygen atoms in total. The Kier molecular flexibility index (Phi) is 6.15. The number of nitrogens with one attached hydrogen (secondary N) is 1. The largest absolute Gasteiger partial charge is 0.381 e. The van der Waals surface area contributed by atoms with Crippen molar-refractivity contribution in [1.82, 2.24) is 24.8 Å². The Morgan fingerprint density at radius 3 is 2.97 bits per heavy atom. The number of rotatable bonds is 4. The molecule has 1 unspecified atom stereocenters. The molecule has 36 heavy (non-hydrogen) atoms. The molecule has 0 spiro atoms. The second-order valence-electron chi connectivity index (χ2n) is 8.62. The molecule has 180 valence electrons. The lowest BCUT2D eigenvalue weighted by Gasteiger charge is -2.41. The number of nitrogens with two attached hydrogens (primary N) is 2. The lowest BCUT2D eigenvalue weighted by molar-refractivity contribution is 0.0943. The van der Waals surface area contributed by atoms with Crippen LogP contribution in [0.4, 0.5) is 5.82 Å². The molecular formula is C28H27N7O. The van der Waals surface area contributed by atoms with Gasteiger partial charge in [0.15, 0.2) is 11.5 Å². The summed E-state index contributed by atoms with van der Waals surface area (Å²) >= 11 is 0. The van der Waals surface area contributed by atoms with Crippen LogP contribution < -0.4 is 16.8 Å². The minimum Gasteiger partial charge on any atom is -0.381 e. The smallest absolute Gasteiger partial charge is 0.259 e. The maximum Gasteiger partial charge on any atom is 0.259 e. The summed E-state index contributed by atoms with van der Waals surface area (Å²) in [6, 6.07) is 7.39. The first-order valence-corrected chi connectivity index (χ1v) is 11.7. The molecule has 1 aliphatic heterocycles. The Balaban J connectivity index is 1.55. The van der Waals surface area contributed by atoms with E-state index in [0.717, 1.165) is 34.5 Å². The summed E-state index contributed by atoms with van der Waals surface area (Å²) in [5.41, 5.74) is 17.0. The van der Waals surface area contributed by atoms with E-state index in [-0.39, 0.29) is 35.9 Å². The summed E-state index contributed by atoms with van der Waals surface area (Å²) < 4.78 is 1.50. The van der Waals surface area contributed by atoms with E-state index in [2.05, 4.69) is 56.9 Å². The zero-order valence-electron chi connectivity index (χ0n) is 20.0. The van der Waals surface area contributed by atoms with Crippen molar-refractivity contribution in [2.24, 2.45) is 5.73 Å². The summed E-state index contributed by atoms with van der Waals surface area (Å²) in [4.78, 5) is 19.8. The van der Waals surface area contributed by atoms with Gasteiger partial charge in [-0.15, -0.1) is 5.10 Å². The van der Waals surface area contributed by atoms with E-state index >= 15 is 0 Å². The van der Waals surface area contributed by atoms with Gasteiger partial charge in [0, 0.05) is 34.9 Å². The van der Waals surface area contributed by atoms with Gasteiger partial charge >= 0.3 is 0 Å². The number of amides is 1. The van der Waals surface area contributed by atoms with Gasteiger partial charge in [-0.1, -0.05) is 54.9 Å². The second kappa shape index (κ2) is 9.56. The lowest BCUT2D eigenvalue weighted by atomic mass is 9.90. The molecule has 0 fully saturated rings. The van der Waals surface area contributed by atoms with Gasteiger partial charge in [0.25, 0.3) is 5.91 Å². The zero-order valence-corrected chi connectivity index (χ0v) is 20.0. The van der Waals surface area contributed by atoms with Gasteiger partial charge in [0.1, 0.15) is 5.56 Å². The minimum atomic E-state index is -0.362. The fourth-order valence-electron chi connectivity index (χ4n) is 4.72. The van der Waals surface area contributed by atoms with Gasteiger partial charge in [0.05, 0.1) is 18.6 Å². The quantitative estimate of drug-likeness (QED) is 0.498. The molecule has 1 aromatic carbocycles. The lowest BCUT2D eigenvalue weighted by Crippen LogP contribution is -2.44. The monoisotopic (exact) mass is 477 g/mol. The van der Waals surface area contributed by atoms with Crippen molar-refractivity contribution in [2.75, 3.05) is 12.3 Å². The Bertz CT molecular complexity index is 1520. The highest BCUT2D eigenvalue weighted by Crippen LogP contribution is 2.38. The molecule has 3 aromatic rings. The third kappa shape index (κ3) is 4.06. The molecule has 0 saturated carbocycles. The normalized spacial score (nSPS) is 17.3. The first-order valence-electron chi connectivity index (χ1n) is 11.7. The van der Waals surface area contributed by atoms with Gasteiger partial charge in [-0.25, -0.2) is 9.50 Å². The first-order chi connectivity index (χ1) is 17.5. The van der Waals surface area contributed by atoms with E-state index in [1.807, 2.05) is 37.3 Å². The number of hydrogen-bond donors (Lipinski definition) is 3. The summed E-state index contributed by atoms with van der Waals surface area (Å²) in [7, 11) is 0. The van der Waals surface area contributed by atoms with Gasteiger partial charge in [-0.2, -0.15) is 0 Å². The molecule has 2 atom stereocenters. The van der Waals surface area contributed by atoms with Crippen LogP contribution in [0.15, 0.2) is 73.2 Å². The fraction of sp³-hybridized carbons (Fsp3) is 0.179. The van der Waals surface area contributed by atoms with Crippen LogP contribution in [0, 0.1) is 11.8 Å². The number of anilines is 1. The van der Waals surface area contributed by atoms with Crippen molar-refractivity contribution in [3.05, 3.63) is 95.5 Å². The third-order valence-corrected chi connectivity index (χ3v) is 6.31. The Morgan fingerprint density at radius 1 is 1.33 bits per heavy atom. The van der Waals surface area contributed by atoms with Crippen molar-refractivity contribution in [3.8, 4) is 11.8 Å². The van der Waals surface area contributed by atoms with Crippen molar-refractivity contribution >= 4 is 29.1 Å². The maximum atomic E-state index is 13.4. The third-order valence-electron chi connectivity index (χ3n) is 6.31.